The number of amidine groups is 1. The monoisotopic (exact) mass is 341 g/mol. The van der Waals surface area contributed by atoms with E-state index in [1.807, 2.05) is 30.3 Å². The maximum atomic E-state index is 11.9. The Balaban J connectivity index is 1.96. The minimum Gasteiger partial charge on any atom is -0.449 e. The van der Waals surface area contributed by atoms with Crippen molar-refractivity contribution < 1.29 is 27.5 Å². The molecule has 1 aromatic rings. The van der Waals surface area contributed by atoms with Gasteiger partial charge in [-0.2, -0.15) is 12.7 Å². The highest BCUT2D eigenvalue weighted by atomic mass is 32.2. The SMILES string of the molecule is CN(C(=O)OCCc1ccccc1)C1=NS(=O)(=O)N(C)C(=O)O1. The number of rotatable bonds is 3. The molecule has 1 aliphatic rings. The van der Waals surface area contributed by atoms with Gasteiger partial charge in [0.1, 0.15) is 0 Å². The van der Waals surface area contributed by atoms with Crippen molar-refractivity contribution in [3.63, 3.8) is 0 Å². The highest BCUT2D eigenvalue weighted by molar-refractivity contribution is 7.88. The van der Waals surface area contributed by atoms with E-state index < -0.39 is 28.4 Å². The minimum absolute atomic E-state index is 0.0844. The van der Waals surface area contributed by atoms with E-state index in [0.717, 1.165) is 12.6 Å². The Bertz CT molecular complexity index is 731. The third-order valence-electron chi connectivity index (χ3n) is 3.00. The molecule has 0 saturated heterocycles. The van der Waals surface area contributed by atoms with Crippen LogP contribution in [-0.2, 0) is 26.1 Å². The average molecular weight is 341 g/mol. The summed E-state index contributed by atoms with van der Waals surface area (Å²) in [7, 11) is -2.02. The highest BCUT2D eigenvalue weighted by Gasteiger charge is 2.35. The van der Waals surface area contributed by atoms with Crippen LogP contribution in [0.15, 0.2) is 34.7 Å². The Kier molecular flexibility index (Phi) is 4.84. The maximum Gasteiger partial charge on any atom is 0.432 e. The van der Waals surface area contributed by atoms with Crippen molar-refractivity contribution in [3.8, 4) is 0 Å². The van der Waals surface area contributed by atoms with Gasteiger partial charge in [-0.25, -0.2) is 14.5 Å². The third kappa shape index (κ3) is 3.97. The van der Waals surface area contributed by atoms with Crippen molar-refractivity contribution in [2.24, 2.45) is 4.40 Å². The average Bonchev–Trinajstić information content (AvgIpc) is 2.52. The molecule has 124 valence electrons. The fourth-order valence-electron chi connectivity index (χ4n) is 1.62. The lowest BCUT2D eigenvalue weighted by molar-refractivity contribution is 0.120. The van der Waals surface area contributed by atoms with Gasteiger partial charge in [-0.15, -0.1) is 0 Å². The first-order chi connectivity index (χ1) is 10.8. The molecule has 0 saturated carbocycles. The van der Waals surface area contributed by atoms with Crippen LogP contribution in [0.2, 0.25) is 0 Å². The first kappa shape index (κ1) is 16.7. The van der Waals surface area contributed by atoms with E-state index in [4.69, 9.17) is 4.74 Å². The van der Waals surface area contributed by atoms with Crippen molar-refractivity contribution in [1.29, 1.82) is 0 Å². The second-order valence-corrected chi connectivity index (χ2v) is 6.22. The van der Waals surface area contributed by atoms with Gasteiger partial charge < -0.3 is 9.47 Å². The van der Waals surface area contributed by atoms with Gasteiger partial charge in [0.15, 0.2) is 0 Å². The molecule has 2 rings (SSSR count). The third-order valence-corrected chi connectivity index (χ3v) is 4.22. The van der Waals surface area contributed by atoms with Crippen LogP contribution in [0.1, 0.15) is 5.56 Å². The molecule has 0 spiro atoms. The summed E-state index contributed by atoms with van der Waals surface area (Å²) >= 11 is 0. The molecule has 0 fully saturated rings. The number of carbonyl (C=O) groups excluding carboxylic acids is 2. The smallest absolute Gasteiger partial charge is 0.432 e. The van der Waals surface area contributed by atoms with Gasteiger partial charge in [-0.3, -0.25) is 0 Å². The van der Waals surface area contributed by atoms with Crippen molar-refractivity contribution in [1.82, 2.24) is 9.21 Å². The van der Waals surface area contributed by atoms with Gasteiger partial charge >= 0.3 is 28.4 Å². The van der Waals surface area contributed by atoms with Crippen LogP contribution in [0.4, 0.5) is 9.59 Å². The second kappa shape index (κ2) is 6.65. The first-order valence-electron chi connectivity index (χ1n) is 6.56. The topological polar surface area (TPSA) is 106 Å². The van der Waals surface area contributed by atoms with Gasteiger partial charge in [-0.05, 0) is 5.56 Å². The highest BCUT2D eigenvalue weighted by Crippen LogP contribution is 2.12. The largest absolute Gasteiger partial charge is 0.449 e. The Morgan fingerprint density at radius 1 is 1.35 bits per heavy atom. The van der Waals surface area contributed by atoms with Crippen LogP contribution in [-0.4, -0.2) is 56.5 Å². The van der Waals surface area contributed by atoms with Gasteiger partial charge in [0.05, 0.1) is 6.61 Å². The van der Waals surface area contributed by atoms with E-state index in [2.05, 4.69) is 9.13 Å². The Morgan fingerprint density at radius 3 is 2.61 bits per heavy atom. The molecule has 0 aliphatic carbocycles. The van der Waals surface area contributed by atoms with E-state index in [-0.39, 0.29) is 6.61 Å². The molecule has 1 aliphatic heterocycles. The van der Waals surface area contributed by atoms with Crippen LogP contribution in [0.5, 0.6) is 0 Å². The van der Waals surface area contributed by atoms with Gasteiger partial charge in [0, 0.05) is 20.5 Å². The molecule has 1 heterocycles. The summed E-state index contributed by atoms with van der Waals surface area (Å²) < 4.78 is 36.4. The molecule has 23 heavy (non-hydrogen) atoms. The Morgan fingerprint density at radius 2 is 2.00 bits per heavy atom. The second-order valence-electron chi connectivity index (χ2n) is 4.60. The molecule has 0 bridgehead atoms. The van der Waals surface area contributed by atoms with E-state index >= 15 is 0 Å². The minimum atomic E-state index is -4.20. The summed E-state index contributed by atoms with van der Waals surface area (Å²) in [5.74, 6) is 0. The van der Waals surface area contributed by atoms with Crippen LogP contribution >= 0.6 is 0 Å². The fourth-order valence-corrected chi connectivity index (χ4v) is 2.33. The molecular weight excluding hydrogens is 326 g/mol. The van der Waals surface area contributed by atoms with Gasteiger partial charge in [0.25, 0.3) is 0 Å². The van der Waals surface area contributed by atoms with Crippen LogP contribution in [0.25, 0.3) is 0 Å². The normalized spacial score (nSPS) is 16.3. The zero-order chi connectivity index (χ0) is 17.0. The van der Waals surface area contributed by atoms with Crippen molar-refractivity contribution in [3.05, 3.63) is 35.9 Å². The number of amides is 2. The van der Waals surface area contributed by atoms with Crippen LogP contribution < -0.4 is 0 Å². The molecular formula is C13H15N3O6S. The molecule has 0 aromatic heterocycles. The molecule has 0 atom stereocenters. The molecule has 9 nitrogen and oxygen atoms in total. The molecule has 10 heteroatoms. The zero-order valence-corrected chi connectivity index (χ0v) is 13.3. The number of cyclic esters (lactones) is 1. The zero-order valence-electron chi connectivity index (χ0n) is 12.5. The predicted molar refractivity (Wildman–Crippen MR) is 79.9 cm³/mol. The van der Waals surface area contributed by atoms with Crippen molar-refractivity contribution >= 4 is 28.4 Å². The quantitative estimate of drug-likeness (QED) is 0.811. The molecule has 0 unspecified atom stereocenters. The Hall–Kier alpha value is -2.62. The number of nitrogens with zero attached hydrogens (tertiary/aromatic N) is 3. The molecule has 1 aromatic carbocycles. The number of hydrogen-bond donors (Lipinski definition) is 0. The summed E-state index contributed by atoms with van der Waals surface area (Å²) in [5, 5.41) is 0. The number of hydrogen-bond acceptors (Lipinski definition) is 6. The summed E-state index contributed by atoms with van der Waals surface area (Å²) in [4.78, 5) is 24.0. The summed E-state index contributed by atoms with van der Waals surface area (Å²) in [6.45, 7) is 0.0844. The number of benzene rings is 1. The van der Waals surface area contributed by atoms with E-state index in [1.54, 1.807) is 0 Å². The number of carbonyl (C=O) groups is 2. The van der Waals surface area contributed by atoms with Gasteiger partial charge in [-0.1, -0.05) is 34.7 Å². The lowest BCUT2D eigenvalue weighted by Crippen LogP contribution is -2.45. The fraction of sp³-hybridized carbons (Fsp3) is 0.308. The molecule has 2 amide bonds. The van der Waals surface area contributed by atoms with E-state index in [0.29, 0.717) is 15.6 Å². The van der Waals surface area contributed by atoms with Crippen LogP contribution in [0, 0.1) is 0 Å². The maximum absolute atomic E-state index is 11.9. The van der Waals surface area contributed by atoms with E-state index in [1.165, 1.54) is 7.05 Å². The first-order valence-corrected chi connectivity index (χ1v) is 7.96. The number of ether oxygens (including phenoxy) is 2. The summed E-state index contributed by atoms with van der Waals surface area (Å²) in [6, 6.07) is 8.70. The molecule has 0 radical (unpaired) electrons. The lowest BCUT2D eigenvalue weighted by Gasteiger charge is -2.24. The van der Waals surface area contributed by atoms with Crippen molar-refractivity contribution in [2.45, 2.75) is 6.42 Å². The predicted octanol–water partition coefficient (Wildman–Crippen LogP) is 0.980. The standard InChI is InChI=1S/C13H15N3O6S/c1-15(11-14-23(19,20)16(2)13(18)22-11)12(17)21-9-8-10-6-4-3-5-7-10/h3-7H,8-9H2,1-2H3. The van der Waals surface area contributed by atoms with E-state index in [9.17, 15) is 18.0 Å². The van der Waals surface area contributed by atoms with Gasteiger partial charge in [0.2, 0.25) is 0 Å². The lowest BCUT2D eigenvalue weighted by atomic mass is 10.2. The van der Waals surface area contributed by atoms with Crippen LogP contribution in [0.3, 0.4) is 0 Å². The molecule has 0 N–H and O–H groups in total. The Labute approximate surface area is 133 Å². The summed E-state index contributed by atoms with van der Waals surface area (Å²) in [5.41, 5.74) is 0.980. The summed E-state index contributed by atoms with van der Waals surface area (Å²) in [6.07, 6.45) is -1.54. The van der Waals surface area contributed by atoms with Crippen molar-refractivity contribution in [2.75, 3.05) is 20.7 Å².